The van der Waals surface area contributed by atoms with Crippen LogP contribution in [0.3, 0.4) is 0 Å². The minimum absolute atomic E-state index is 0.106. The number of benzene rings is 1. The van der Waals surface area contributed by atoms with Crippen LogP contribution in [-0.2, 0) is 13.6 Å². The van der Waals surface area contributed by atoms with Gasteiger partial charge in [0.15, 0.2) is 11.4 Å². The van der Waals surface area contributed by atoms with E-state index in [0.717, 1.165) is 26.3 Å². The predicted octanol–water partition coefficient (Wildman–Crippen LogP) is 4.42. The van der Waals surface area contributed by atoms with Gasteiger partial charge in [-0.3, -0.25) is 9.48 Å². The van der Waals surface area contributed by atoms with Crippen molar-refractivity contribution in [1.82, 2.24) is 24.6 Å². The second-order valence-corrected chi connectivity index (χ2v) is 8.29. The number of fused-ring (bicyclic) bond motifs is 2. The van der Waals surface area contributed by atoms with E-state index in [4.69, 9.17) is 4.42 Å². The van der Waals surface area contributed by atoms with E-state index in [0.29, 0.717) is 29.2 Å². The second-order valence-electron chi connectivity index (χ2n) is 7.18. The summed E-state index contributed by atoms with van der Waals surface area (Å²) in [6.45, 7) is 2.32. The molecule has 1 amide bonds. The van der Waals surface area contributed by atoms with Crippen LogP contribution in [0.5, 0.6) is 0 Å². The van der Waals surface area contributed by atoms with E-state index >= 15 is 0 Å². The zero-order valence-corrected chi connectivity index (χ0v) is 17.6. The van der Waals surface area contributed by atoms with Crippen molar-refractivity contribution in [1.29, 1.82) is 0 Å². The third kappa shape index (κ3) is 3.05. The Morgan fingerprint density at radius 3 is 2.80 bits per heavy atom. The highest BCUT2D eigenvalue weighted by molar-refractivity contribution is 7.18. The maximum Gasteiger partial charge on any atom is 0.254 e. The number of nitrogens with zero attached hydrogens (tertiary/aromatic N) is 5. The SMILES string of the molecule is Cc1nn(C)c2nc(-c3ccco3)cc(C(=O)N(C)Cc3nc4ccccc4s3)c12. The van der Waals surface area contributed by atoms with Gasteiger partial charge in [0.25, 0.3) is 5.91 Å². The minimum Gasteiger partial charge on any atom is -0.463 e. The summed E-state index contributed by atoms with van der Waals surface area (Å²) < 4.78 is 8.32. The molecule has 0 bridgehead atoms. The molecule has 7 nitrogen and oxygen atoms in total. The number of thiazole rings is 1. The van der Waals surface area contributed by atoms with E-state index in [1.54, 1.807) is 46.4 Å². The van der Waals surface area contributed by atoms with Gasteiger partial charge in [0.05, 0.1) is 39.7 Å². The number of rotatable bonds is 4. The Hall–Kier alpha value is -3.52. The summed E-state index contributed by atoms with van der Waals surface area (Å²) in [7, 11) is 3.62. The number of carbonyl (C=O) groups excluding carboxylic acids is 1. The van der Waals surface area contributed by atoms with Gasteiger partial charge < -0.3 is 9.32 Å². The zero-order valence-electron chi connectivity index (χ0n) is 16.8. The van der Waals surface area contributed by atoms with Crippen LogP contribution in [-0.4, -0.2) is 37.6 Å². The Kier molecular flexibility index (Phi) is 4.36. The summed E-state index contributed by atoms with van der Waals surface area (Å²) >= 11 is 1.60. The van der Waals surface area contributed by atoms with Crippen molar-refractivity contribution in [2.24, 2.45) is 7.05 Å². The third-order valence-electron chi connectivity index (χ3n) is 5.03. The number of aromatic nitrogens is 4. The molecule has 150 valence electrons. The van der Waals surface area contributed by atoms with Crippen LogP contribution >= 0.6 is 11.3 Å². The van der Waals surface area contributed by atoms with Crippen molar-refractivity contribution in [3.63, 3.8) is 0 Å². The molecule has 0 saturated heterocycles. The number of aryl methyl sites for hydroxylation is 2. The summed E-state index contributed by atoms with van der Waals surface area (Å²) in [4.78, 5) is 24.5. The summed E-state index contributed by atoms with van der Waals surface area (Å²) in [5, 5.41) is 6.12. The monoisotopic (exact) mass is 417 g/mol. The molecule has 5 aromatic rings. The number of hydrogen-bond donors (Lipinski definition) is 0. The molecule has 0 saturated carbocycles. The number of amides is 1. The molecule has 0 aliphatic carbocycles. The Labute approximate surface area is 176 Å². The predicted molar refractivity (Wildman–Crippen MR) is 116 cm³/mol. The molecule has 4 heterocycles. The fourth-order valence-corrected chi connectivity index (χ4v) is 4.65. The van der Waals surface area contributed by atoms with E-state index in [-0.39, 0.29) is 5.91 Å². The van der Waals surface area contributed by atoms with Crippen LogP contribution < -0.4 is 0 Å². The van der Waals surface area contributed by atoms with Crippen LogP contribution in [0, 0.1) is 6.92 Å². The number of carbonyl (C=O) groups is 1. The largest absolute Gasteiger partial charge is 0.463 e. The van der Waals surface area contributed by atoms with E-state index in [2.05, 4.69) is 15.1 Å². The Morgan fingerprint density at radius 2 is 2.03 bits per heavy atom. The average Bonchev–Trinajstić information content (AvgIpc) is 3.46. The number of para-hydroxylation sites is 1. The van der Waals surface area contributed by atoms with Gasteiger partial charge in [-0.1, -0.05) is 12.1 Å². The van der Waals surface area contributed by atoms with Crippen molar-refractivity contribution < 1.29 is 9.21 Å². The molecule has 0 spiro atoms. The molecule has 0 fully saturated rings. The first-order valence-electron chi connectivity index (χ1n) is 9.49. The summed E-state index contributed by atoms with van der Waals surface area (Å²) in [5.41, 5.74) is 3.53. The van der Waals surface area contributed by atoms with Gasteiger partial charge in [-0.15, -0.1) is 11.3 Å². The lowest BCUT2D eigenvalue weighted by atomic mass is 10.1. The van der Waals surface area contributed by atoms with Gasteiger partial charge in [-0.2, -0.15) is 5.10 Å². The molecule has 0 aliphatic heterocycles. The maximum atomic E-state index is 13.5. The third-order valence-corrected chi connectivity index (χ3v) is 6.05. The Bertz CT molecular complexity index is 1350. The molecule has 0 aliphatic rings. The highest BCUT2D eigenvalue weighted by Crippen LogP contribution is 2.29. The van der Waals surface area contributed by atoms with Crippen LogP contribution in [0.15, 0.2) is 53.1 Å². The lowest BCUT2D eigenvalue weighted by Crippen LogP contribution is -2.26. The number of furan rings is 1. The van der Waals surface area contributed by atoms with Crippen molar-refractivity contribution in [2.45, 2.75) is 13.5 Å². The molecule has 0 N–H and O–H groups in total. The molecule has 8 heteroatoms. The first-order chi connectivity index (χ1) is 14.5. The molecule has 0 unspecified atom stereocenters. The van der Waals surface area contributed by atoms with E-state index < -0.39 is 0 Å². The fourth-order valence-electron chi connectivity index (χ4n) is 3.63. The molecule has 5 rings (SSSR count). The van der Waals surface area contributed by atoms with Crippen LogP contribution in [0.4, 0.5) is 0 Å². The quantitative estimate of drug-likeness (QED) is 0.433. The van der Waals surface area contributed by atoms with Crippen molar-refractivity contribution in [2.75, 3.05) is 7.05 Å². The fraction of sp³-hybridized carbons (Fsp3) is 0.182. The van der Waals surface area contributed by atoms with Gasteiger partial charge in [0.2, 0.25) is 0 Å². The first-order valence-corrected chi connectivity index (χ1v) is 10.3. The normalized spacial score (nSPS) is 11.4. The van der Waals surface area contributed by atoms with Gasteiger partial charge in [-0.05, 0) is 37.3 Å². The smallest absolute Gasteiger partial charge is 0.254 e. The molecular weight excluding hydrogens is 398 g/mol. The van der Waals surface area contributed by atoms with E-state index in [1.165, 1.54) is 0 Å². The number of pyridine rings is 1. The molecule has 30 heavy (non-hydrogen) atoms. The summed E-state index contributed by atoms with van der Waals surface area (Å²) in [6, 6.07) is 13.4. The van der Waals surface area contributed by atoms with Gasteiger partial charge in [-0.25, -0.2) is 9.97 Å². The van der Waals surface area contributed by atoms with E-state index in [1.807, 2.05) is 44.3 Å². The van der Waals surface area contributed by atoms with Gasteiger partial charge >= 0.3 is 0 Å². The molecule has 0 atom stereocenters. The van der Waals surface area contributed by atoms with Gasteiger partial charge in [0.1, 0.15) is 10.7 Å². The molecule has 0 radical (unpaired) electrons. The molecule has 4 aromatic heterocycles. The summed E-state index contributed by atoms with van der Waals surface area (Å²) in [6.07, 6.45) is 1.59. The highest BCUT2D eigenvalue weighted by Gasteiger charge is 2.23. The lowest BCUT2D eigenvalue weighted by Gasteiger charge is -2.17. The van der Waals surface area contributed by atoms with Crippen molar-refractivity contribution in [3.05, 3.63) is 65.0 Å². The van der Waals surface area contributed by atoms with Crippen LogP contribution in [0.2, 0.25) is 0 Å². The Morgan fingerprint density at radius 1 is 1.20 bits per heavy atom. The second kappa shape index (κ2) is 7.07. The van der Waals surface area contributed by atoms with Crippen molar-refractivity contribution in [3.8, 4) is 11.5 Å². The minimum atomic E-state index is -0.106. The lowest BCUT2D eigenvalue weighted by molar-refractivity contribution is 0.0787. The standard InChI is InChI=1S/C22H19N5O2S/c1-13-20-14(11-16(17-8-6-10-29-17)24-21(20)27(3)25-13)22(28)26(2)12-19-23-15-7-4-5-9-18(15)30-19/h4-11H,12H2,1-3H3. The molecular formula is C22H19N5O2S. The Balaban J connectivity index is 1.56. The van der Waals surface area contributed by atoms with Crippen LogP contribution in [0.1, 0.15) is 21.1 Å². The zero-order chi connectivity index (χ0) is 20.8. The first kappa shape index (κ1) is 18.5. The average molecular weight is 417 g/mol. The highest BCUT2D eigenvalue weighted by atomic mass is 32.1. The van der Waals surface area contributed by atoms with Gasteiger partial charge in [0, 0.05) is 14.1 Å². The maximum absolute atomic E-state index is 13.5. The number of hydrogen-bond acceptors (Lipinski definition) is 6. The molecule has 1 aromatic carbocycles. The van der Waals surface area contributed by atoms with Crippen molar-refractivity contribution >= 4 is 38.5 Å². The van der Waals surface area contributed by atoms with E-state index in [9.17, 15) is 4.79 Å². The summed E-state index contributed by atoms with van der Waals surface area (Å²) in [5.74, 6) is 0.504. The topological polar surface area (TPSA) is 77.0 Å². The van der Waals surface area contributed by atoms with Crippen LogP contribution in [0.25, 0.3) is 32.7 Å².